The lowest BCUT2D eigenvalue weighted by atomic mass is 9.71. The van der Waals surface area contributed by atoms with Crippen molar-refractivity contribution in [2.75, 3.05) is 7.11 Å². The summed E-state index contributed by atoms with van der Waals surface area (Å²) in [4.78, 5) is 0. The Kier molecular flexibility index (Phi) is 2.77. The monoisotopic (exact) mass is 269 g/mol. The minimum absolute atomic E-state index is 0.0983. The largest absolute Gasteiger partial charge is 0.496 e. The van der Waals surface area contributed by atoms with E-state index in [-0.39, 0.29) is 5.54 Å². The second-order valence-corrected chi connectivity index (χ2v) is 5.17. The van der Waals surface area contributed by atoms with Gasteiger partial charge in [0.05, 0.1) is 11.6 Å². The lowest BCUT2D eigenvalue weighted by Crippen LogP contribution is -2.43. The maximum Gasteiger partial charge on any atom is 0.133 e. The predicted octanol–water partition coefficient (Wildman–Crippen LogP) is 3.10. The van der Waals surface area contributed by atoms with Gasteiger partial charge in [0.2, 0.25) is 0 Å². The van der Waals surface area contributed by atoms with Crippen molar-refractivity contribution in [2.45, 2.75) is 31.7 Å². The van der Waals surface area contributed by atoms with Gasteiger partial charge in [0.15, 0.2) is 0 Å². The average molecular weight is 270 g/mol. The molecule has 0 atom stereocenters. The zero-order chi connectivity index (χ0) is 11.1. The van der Waals surface area contributed by atoms with E-state index in [0.29, 0.717) is 0 Å². The first-order chi connectivity index (χ1) is 7.07. The van der Waals surface area contributed by atoms with Crippen molar-refractivity contribution < 1.29 is 4.74 Å². The molecule has 1 aromatic carbocycles. The third kappa shape index (κ3) is 1.79. The topological polar surface area (TPSA) is 35.2 Å². The van der Waals surface area contributed by atoms with E-state index < -0.39 is 0 Å². The van der Waals surface area contributed by atoms with Crippen LogP contribution in [0.4, 0.5) is 0 Å². The summed E-state index contributed by atoms with van der Waals surface area (Å²) in [7, 11) is 1.68. The summed E-state index contributed by atoms with van der Waals surface area (Å²) in [6.45, 7) is 2.09. The second-order valence-electron chi connectivity index (χ2n) is 4.31. The van der Waals surface area contributed by atoms with Gasteiger partial charge in [-0.3, -0.25) is 0 Å². The first-order valence-electron chi connectivity index (χ1n) is 5.20. The number of aryl methyl sites for hydroxylation is 1. The molecule has 0 radical (unpaired) electrons. The molecule has 1 fully saturated rings. The smallest absolute Gasteiger partial charge is 0.133 e. The predicted molar refractivity (Wildman–Crippen MR) is 65.1 cm³/mol. The number of nitrogens with two attached hydrogens (primary N) is 1. The first-order valence-corrected chi connectivity index (χ1v) is 5.99. The van der Waals surface area contributed by atoms with Crippen LogP contribution in [0.25, 0.3) is 0 Å². The summed E-state index contributed by atoms with van der Waals surface area (Å²) >= 11 is 3.51. The van der Waals surface area contributed by atoms with Crippen LogP contribution in [0.2, 0.25) is 0 Å². The number of ether oxygens (including phenoxy) is 1. The molecule has 82 valence electrons. The van der Waals surface area contributed by atoms with Crippen molar-refractivity contribution in [1.82, 2.24) is 0 Å². The van der Waals surface area contributed by atoms with Crippen LogP contribution in [0.5, 0.6) is 5.75 Å². The van der Waals surface area contributed by atoms with Crippen molar-refractivity contribution in [3.63, 3.8) is 0 Å². The van der Waals surface area contributed by atoms with Gasteiger partial charge in [-0.05, 0) is 65.4 Å². The third-order valence-corrected chi connectivity index (χ3v) is 3.90. The number of hydrogen-bond donors (Lipinski definition) is 1. The summed E-state index contributed by atoms with van der Waals surface area (Å²) in [6, 6.07) is 4.15. The van der Waals surface area contributed by atoms with Gasteiger partial charge >= 0.3 is 0 Å². The Balaban J connectivity index is 2.45. The van der Waals surface area contributed by atoms with Crippen LogP contribution >= 0.6 is 15.9 Å². The number of halogens is 1. The highest BCUT2D eigenvalue weighted by Gasteiger charge is 2.35. The first kappa shape index (κ1) is 11.0. The van der Waals surface area contributed by atoms with Crippen LogP contribution in [0.1, 0.15) is 30.4 Å². The van der Waals surface area contributed by atoms with E-state index in [2.05, 4.69) is 28.9 Å². The van der Waals surface area contributed by atoms with Gasteiger partial charge in [0, 0.05) is 5.54 Å². The van der Waals surface area contributed by atoms with Gasteiger partial charge < -0.3 is 10.5 Å². The summed E-state index contributed by atoms with van der Waals surface area (Å²) in [5, 5.41) is 0. The molecule has 2 rings (SSSR count). The highest BCUT2D eigenvalue weighted by atomic mass is 79.9. The molecule has 0 heterocycles. The Bertz CT molecular complexity index is 385. The second kappa shape index (κ2) is 3.80. The molecular weight excluding hydrogens is 254 g/mol. The molecule has 3 heteroatoms. The molecule has 0 unspecified atom stereocenters. The highest BCUT2D eigenvalue weighted by Crippen LogP contribution is 2.42. The van der Waals surface area contributed by atoms with E-state index in [1.165, 1.54) is 17.5 Å². The Labute approximate surface area is 98.9 Å². The van der Waals surface area contributed by atoms with E-state index in [1.807, 2.05) is 6.07 Å². The minimum atomic E-state index is -0.0983. The number of hydrogen-bond acceptors (Lipinski definition) is 2. The van der Waals surface area contributed by atoms with E-state index in [1.54, 1.807) is 7.11 Å². The van der Waals surface area contributed by atoms with E-state index in [0.717, 1.165) is 23.1 Å². The zero-order valence-corrected chi connectivity index (χ0v) is 10.7. The SMILES string of the molecule is COc1cc(C)c(C2(N)CCC2)cc1Br. The summed E-state index contributed by atoms with van der Waals surface area (Å²) < 4.78 is 6.25. The molecule has 0 aliphatic heterocycles. The fourth-order valence-electron chi connectivity index (χ4n) is 2.17. The van der Waals surface area contributed by atoms with Crippen LogP contribution in [-0.2, 0) is 5.54 Å². The zero-order valence-electron chi connectivity index (χ0n) is 9.14. The molecule has 0 amide bonds. The van der Waals surface area contributed by atoms with Gasteiger partial charge in [-0.1, -0.05) is 0 Å². The van der Waals surface area contributed by atoms with Crippen molar-refractivity contribution in [1.29, 1.82) is 0 Å². The quantitative estimate of drug-likeness (QED) is 0.896. The number of methoxy groups -OCH3 is 1. The minimum Gasteiger partial charge on any atom is -0.496 e. The van der Waals surface area contributed by atoms with Gasteiger partial charge in [-0.25, -0.2) is 0 Å². The normalized spacial score (nSPS) is 18.4. The fraction of sp³-hybridized carbons (Fsp3) is 0.500. The summed E-state index contributed by atoms with van der Waals surface area (Å²) in [6.07, 6.45) is 3.42. The van der Waals surface area contributed by atoms with E-state index in [4.69, 9.17) is 10.5 Å². The molecule has 2 nitrogen and oxygen atoms in total. The Morgan fingerprint density at radius 1 is 1.40 bits per heavy atom. The Hall–Kier alpha value is -0.540. The van der Waals surface area contributed by atoms with Crippen LogP contribution in [0.15, 0.2) is 16.6 Å². The molecule has 0 saturated heterocycles. The average Bonchev–Trinajstić information content (AvgIpc) is 2.17. The van der Waals surface area contributed by atoms with Crippen molar-refractivity contribution in [3.8, 4) is 5.75 Å². The molecule has 0 spiro atoms. The molecule has 0 bridgehead atoms. The highest BCUT2D eigenvalue weighted by molar-refractivity contribution is 9.10. The van der Waals surface area contributed by atoms with Crippen molar-refractivity contribution >= 4 is 15.9 Å². The number of benzene rings is 1. The maximum atomic E-state index is 6.32. The van der Waals surface area contributed by atoms with Gasteiger partial charge in [0.25, 0.3) is 0 Å². The molecule has 1 aromatic rings. The Morgan fingerprint density at radius 3 is 2.53 bits per heavy atom. The maximum absolute atomic E-state index is 6.32. The van der Waals surface area contributed by atoms with Gasteiger partial charge in [0.1, 0.15) is 5.75 Å². The molecule has 15 heavy (non-hydrogen) atoms. The van der Waals surface area contributed by atoms with Crippen LogP contribution in [0.3, 0.4) is 0 Å². The molecule has 1 aliphatic carbocycles. The summed E-state index contributed by atoms with van der Waals surface area (Å²) in [5.74, 6) is 0.874. The van der Waals surface area contributed by atoms with Gasteiger partial charge in [-0.2, -0.15) is 0 Å². The van der Waals surface area contributed by atoms with Crippen LogP contribution < -0.4 is 10.5 Å². The molecule has 1 saturated carbocycles. The number of rotatable bonds is 2. The molecule has 0 aromatic heterocycles. The Morgan fingerprint density at radius 2 is 2.07 bits per heavy atom. The van der Waals surface area contributed by atoms with Crippen molar-refractivity contribution in [3.05, 3.63) is 27.7 Å². The standard InChI is InChI=1S/C12H16BrNO/c1-8-6-11(15-2)10(13)7-9(8)12(14)4-3-5-12/h6-7H,3-5,14H2,1-2H3. The summed E-state index contributed by atoms with van der Waals surface area (Å²) in [5.41, 5.74) is 8.70. The molecular formula is C12H16BrNO. The van der Waals surface area contributed by atoms with E-state index in [9.17, 15) is 0 Å². The molecule has 1 aliphatic rings. The van der Waals surface area contributed by atoms with Crippen LogP contribution in [0, 0.1) is 6.92 Å². The van der Waals surface area contributed by atoms with E-state index >= 15 is 0 Å². The third-order valence-electron chi connectivity index (χ3n) is 3.28. The molecule has 2 N–H and O–H groups in total. The van der Waals surface area contributed by atoms with Crippen molar-refractivity contribution in [2.24, 2.45) is 5.73 Å². The fourth-order valence-corrected chi connectivity index (χ4v) is 2.68. The lowest BCUT2D eigenvalue weighted by molar-refractivity contribution is 0.252. The lowest BCUT2D eigenvalue weighted by Gasteiger charge is -2.39. The van der Waals surface area contributed by atoms with Gasteiger partial charge in [-0.15, -0.1) is 0 Å². The van der Waals surface area contributed by atoms with Crippen LogP contribution in [-0.4, -0.2) is 7.11 Å².